The van der Waals surface area contributed by atoms with Gasteiger partial charge in [0.1, 0.15) is 11.6 Å². The molecule has 1 aromatic carbocycles. The van der Waals surface area contributed by atoms with E-state index < -0.39 is 77.8 Å². The van der Waals surface area contributed by atoms with Crippen molar-refractivity contribution >= 4 is 95.2 Å². The second-order valence-corrected chi connectivity index (χ2v) is 40.5. The SMILES string of the molecule is CC(=O)Nc1nc(=O)n(C(C)(C)C)cc1/C=C/C(=O)NCCCC(C)(C)C.CC(C)(C)C(=O)/C=C/c1cn(C(C)(C)C)c(=O)[nH]c1=O.CC(C)(C)C(=O)/C=C/c1cn(C(C)(C)C)c(=O)nc1NC(=O)c1ccccc1.CC(C)(C)CCCNC(=O)/C=C/c1cn(C(C)(C)C)c(=O)[nH]c1=O.CN(C)C=Nc1nc(=O)n(C(C)(C)C)cc1/C=C/C(=O)C(C)(C)C. The highest BCUT2D eigenvalue weighted by atomic mass is 16.2. The zero-order chi connectivity index (χ0) is 94.9. The molecule has 0 spiro atoms. The largest absolute Gasteiger partial charge is 0.369 e. The van der Waals surface area contributed by atoms with Crippen LogP contribution in [0.5, 0.6) is 0 Å². The normalized spacial score (nSPS) is 12.6. The summed E-state index contributed by atoms with van der Waals surface area (Å²) in [6, 6.07) is 8.66. The lowest BCUT2D eigenvalue weighted by Crippen LogP contribution is -2.39. The van der Waals surface area contributed by atoms with E-state index in [0.717, 1.165) is 25.7 Å². The van der Waals surface area contributed by atoms with Crippen LogP contribution in [0.2, 0.25) is 0 Å². The Labute approximate surface area is 724 Å². The van der Waals surface area contributed by atoms with Gasteiger partial charge in [0.15, 0.2) is 23.2 Å². The number of rotatable bonds is 21. The van der Waals surface area contributed by atoms with Gasteiger partial charge < -0.3 is 26.2 Å². The van der Waals surface area contributed by atoms with Crippen molar-refractivity contribution in [3.63, 3.8) is 0 Å². The molecule has 0 aliphatic rings. The number of nitrogens with zero attached hydrogens (tertiary/aromatic N) is 10. The van der Waals surface area contributed by atoms with Crippen LogP contribution < -0.4 is 60.8 Å². The molecule has 0 saturated heterocycles. The number of hydrogen-bond donors (Lipinski definition) is 6. The van der Waals surface area contributed by atoms with E-state index in [4.69, 9.17) is 0 Å². The maximum atomic E-state index is 12.5. The van der Waals surface area contributed by atoms with Gasteiger partial charge in [-0.2, -0.15) is 15.0 Å². The van der Waals surface area contributed by atoms with Crippen molar-refractivity contribution in [2.24, 2.45) is 32.1 Å². The summed E-state index contributed by atoms with van der Waals surface area (Å²) in [5, 5.41) is 10.9. The molecule has 674 valence electrons. The monoisotopic (exact) mass is 1700 g/mol. The number of carbonyl (C=O) groups is 7. The number of benzene rings is 1. The molecule has 30 heteroatoms. The Hall–Kier alpha value is -11.7. The number of allylic oxidation sites excluding steroid dienone is 3. The van der Waals surface area contributed by atoms with Gasteiger partial charge in [-0.15, -0.1) is 0 Å². The molecule has 0 aliphatic heterocycles. The van der Waals surface area contributed by atoms with E-state index in [1.165, 1.54) is 80.1 Å². The van der Waals surface area contributed by atoms with Gasteiger partial charge in [-0.05, 0) is 201 Å². The van der Waals surface area contributed by atoms with Gasteiger partial charge in [0.2, 0.25) is 17.7 Å². The number of aromatic nitrogens is 10. The van der Waals surface area contributed by atoms with Crippen molar-refractivity contribution in [2.75, 3.05) is 37.8 Å². The molecule has 0 saturated carbocycles. The molecule has 0 bridgehead atoms. The van der Waals surface area contributed by atoms with Gasteiger partial charge in [-0.3, -0.25) is 76.0 Å². The molecular weight excluding hydrogens is 1570 g/mol. The first kappa shape index (κ1) is 107. The number of aliphatic imine (C=N–C) groups is 1. The van der Waals surface area contributed by atoms with Crippen LogP contribution in [0.4, 0.5) is 17.5 Å². The first-order chi connectivity index (χ1) is 55.8. The fraction of sp³-hybridized carbons (Fsp3) is 0.527. The Morgan fingerprint density at radius 3 is 1.02 bits per heavy atom. The fourth-order valence-corrected chi connectivity index (χ4v) is 10.2. The molecule has 30 nitrogen and oxygen atoms in total. The highest BCUT2D eigenvalue weighted by Gasteiger charge is 2.26. The van der Waals surface area contributed by atoms with Crippen LogP contribution >= 0.6 is 0 Å². The summed E-state index contributed by atoms with van der Waals surface area (Å²) >= 11 is 0. The number of anilines is 2. The second kappa shape index (κ2) is 44.4. The number of carbonyl (C=O) groups excluding carboxylic acids is 7. The van der Waals surface area contributed by atoms with Crippen molar-refractivity contribution in [1.29, 1.82) is 0 Å². The zero-order valence-electron chi connectivity index (χ0n) is 79.1. The molecule has 6 rings (SSSR count). The van der Waals surface area contributed by atoms with E-state index in [1.807, 2.05) is 166 Å². The van der Waals surface area contributed by atoms with E-state index in [2.05, 4.69) is 92.7 Å². The maximum absolute atomic E-state index is 12.5. The molecule has 0 unspecified atom stereocenters. The lowest BCUT2D eigenvalue weighted by Gasteiger charge is -2.23. The van der Waals surface area contributed by atoms with Crippen molar-refractivity contribution < 1.29 is 33.6 Å². The summed E-state index contributed by atoms with van der Waals surface area (Å²) in [5.74, 6) is -0.780. The summed E-state index contributed by atoms with van der Waals surface area (Å²) < 4.78 is 7.37. The average Bonchev–Trinajstić information content (AvgIpc) is 0.810. The third-order valence-corrected chi connectivity index (χ3v) is 17.5. The molecule has 123 heavy (non-hydrogen) atoms. The van der Waals surface area contributed by atoms with E-state index in [9.17, 15) is 67.1 Å². The molecule has 0 radical (unpaired) electrons. The van der Waals surface area contributed by atoms with Gasteiger partial charge in [-0.25, -0.2) is 29.0 Å². The number of ketones is 3. The number of hydrogen-bond acceptors (Lipinski definition) is 18. The van der Waals surface area contributed by atoms with Crippen molar-refractivity contribution in [1.82, 2.24) is 63.3 Å². The Bertz CT molecular complexity index is 5330. The average molecular weight is 1700 g/mol. The van der Waals surface area contributed by atoms with E-state index in [1.54, 1.807) is 97.7 Å². The highest BCUT2D eigenvalue weighted by molar-refractivity contribution is 6.05. The molecule has 0 atom stereocenters. The minimum Gasteiger partial charge on any atom is -0.369 e. The predicted molar refractivity (Wildman–Crippen MR) is 496 cm³/mol. The minimum absolute atomic E-state index is 0.00134. The minimum atomic E-state index is -0.532. The van der Waals surface area contributed by atoms with Crippen LogP contribution in [0.1, 0.15) is 278 Å². The zero-order valence-corrected chi connectivity index (χ0v) is 79.1. The third kappa shape index (κ3) is 38.9. The van der Waals surface area contributed by atoms with E-state index >= 15 is 0 Å². The Balaban J connectivity index is 0.000000523. The lowest BCUT2D eigenvalue weighted by molar-refractivity contribution is -0.122. The quantitative estimate of drug-likeness (QED) is 0.0169. The molecular formula is C93H138N16O14. The van der Waals surface area contributed by atoms with Crippen molar-refractivity contribution in [2.45, 2.75) is 268 Å². The van der Waals surface area contributed by atoms with Crippen LogP contribution in [-0.2, 0) is 56.5 Å². The molecule has 5 heterocycles. The van der Waals surface area contributed by atoms with Crippen LogP contribution in [0.3, 0.4) is 0 Å². The topological polar surface area (TPSA) is 398 Å². The number of aromatic amines is 2. The standard InChI is InChI=1S/C22H27N3O3.C20H32N4O3.C18H28N4O2.C18H29N3O3.C15H22N2O3/c1-21(2,3)17(26)13-12-16-14-25(22(4,5)6)20(28)24-18(16)23-19(27)15-10-8-7-9-11-15;1-14(25)22-17-15(13-24(18(27)23-17)20(5,6)7)9-10-16(26)21-12-8-11-19(2,3)4;1-17(2,3)14(23)10-9-13-11-22(18(4,5)6)16(24)20-15(13)19-12-21(7)8;1-17(2,3)10-7-11-19-14(22)9-8-13-12-21(18(4,5)6)16(24)20-15(13)23;1-14(2,3)11(18)8-7-10-9-17(15(4,5)6)13(20)16-12(10)19/h7-14H,1-6H3,(H,23,24,27,28);9-10,13H,8,11-12H2,1-7H3,(H,21,26)(H,22,23,25,27);9-12H,1-8H3;8-9,12H,7,10-11H2,1-6H3,(H,19,22)(H,20,23,24);7-9H,1-6H3,(H,16,19,20)/b13-12+;10-9+;10-9+,19-12?;9-8+;8-7+. The third-order valence-electron chi connectivity index (χ3n) is 17.5. The lowest BCUT2D eigenvalue weighted by atomic mass is 9.90. The van der Waals surface area contributed by atoms with Gasteiger partial charge in [-0.1, -0.05) is 122 Å². The molecule has 5 aromatic heterocycles. The van der Waals surface area contributed by atoms with Gasteiger partial charge >= 0.3 is 28.4 Å². The van der Waals surface area contributed by atoms with Crippen LogP contribution in [-0.4, -0.2) is 127 Å². The van der Waals surface area contributed by atoms with Gasteiger partial charge in [0, 0.05) is 143 Å². The predicted octanol–water partition coefficient (Wildman–Crippen LogP) is 13.8. The summed E-state index contributed by atoms with van der Waals surface area (Å²) in [6.45, 7) is 60.2. The smallest absolute Gasteiger partial charge is 0.350 e. The first-order valence-corrected chi connectivity index (χ1v) is 40.9. The van der Waals surface area contributed by atoms with Crippen LogP contribution in [0.25, 0.3) is 30.4 Å². The number of amides is 4. The van der Waals surface area contributed by atoms with E-state index in [-0.39, 0.29) is 80.3 Å². The van der Waals surface area contributed by atoms with Crippen LogP contribution in [0, 0.1) is 27.1 Å². The van der Waals surface area contributed by atoms with E-state index in [0.29, 0.717) is 41.2 Å². The van der Waals surface area contributed by atoms with Crippen LogP contribution in [0.15, 0.2) is 130 Å². The van der Waals surface area contributed by atoms with Crippen molar-refractivity contribution in [3.05, 3.63) is 198 Å². The van der Waals surface area contributed by atoms with Crippen molar-refractivity contribution in [3.8, 4) is 0 Å². The molecule has 4 amide bonds. The Morgan fingerprint density at radius 2 is 0.699 bits per heavy atom. The molecule has 6 N–H and O–H groups in total. The molecule has 0 aliphatic carbocycles. The summed E-state index contributed by atoms with van der Waals surface area (Å²) in [5.41, 5.74) is -3.91. The summed E-state index contributed by atoms with van der Waals surface area (Å²) in [6.07, 6.45) is 28.0. The second-order valence-electron chi connectivity index (χ2n) is 40.5. The molecule has 6 aromatic rings. The first-order valence-electron chi connectivity index (χ1n) is 40.9. The summed E-state index contributed by atoms with van der Waals surface area (Å²) in [4.78, 5) is 191. The Morgan fingerprint density at radius 1 is 0.398 bits per heavy atom. The van der Waals surface area contributed by atoms with Gasteiger partial charge in [0.05, 0.1) is 17.5 Å². The highest BCUT2D eigenvalue weighted by Crippen LogP contribution is 2.26. The summed E-state index contributed by atoms with van der Waals surface area (Å²) in [7, 11) is 3.66. The number of H-pyrrole nitrogens is 2. The molecule has 0 fully saturated rings. The Kier molecular flexibility index (Phi) is 38.7. The fourth-order valence-electron chi connectivity index (χ4n) is 10.2. The maximum Gasteiger partial charge on any atom is 0.350 e. The number of nitrogens with one attached hydrogen (secondary N) is 6. The van der Waals surface area contributed by atoms with Gasteiger partial charge in [0.25, 0.3) is 17.0 Å².